The number of hydrogen-bond donors (Lipinski definition) is 1. The Bertz CT molecular complexity index is 933. The average Bonchev–Trinajstić information content (AvgIpc) is 2.92. The molecule has 2 heterocycles. The number of fused-ring (bicyclic) bond motifs is 1. The van der Waals surface area contributed by atoms with Gasteiger partial charge in [-0.25, -0.2) is 4.98 Å². The van der Waals surface area contributed by atoms with Gasteiger partial charge in [0.05, 0.1) is 5.69 Å². The quantitative estimate of drug-likeness (QED) is 0.717. The molecule has 0 aliphatic heterocycles. The van der Waals surface area contributed by atoms with Gasteiger partial charge in [0.25, 0.3) is 10.0 Å². The zero-order valence-electron chi connectivity index (χ0n) is 10.7. The lowest BCUT2D eigenvalue weighted by Crippen LogP contribution is -2.15. The molecule has 0 bridgehead atoms. The molecule has 110 valence electrons. The van der Waals surface area contributed by atoms with E-state index in [0.717, 1.165) is 10.0 Å². The number of rotatable bonds is 3. The van der Waals surface area contributed by atoms with E-state index in [9.17, 15) is 8.42 Å². The van der Waals surface area contributed by atoms with Gasteiger partial charge in [0.2, 0.25) is 0 Å². The molecule has 2 aromatic heterocycles. The van der Waals surface area contributed by atoms with E-state index in [4.69, 9.17) is 11.6 Å². The van der Waals surface area contributed by atoms with Crippen LogP contribution in [0.3, 0.4) is 0 Å². The molecule has 0 aliphatic rings. The zero-order chi connectivity index (χ0) is 15.2. The second-order valence-corrected chi connectivity index (χ2v) is 8.02. The molecule has 0 spiro atoms. The van der Waals surface area contributed by atoms with E-state index in [0.29, 0.717) is 10.6 Å². The third kappa shape index (κ3) is 2.68. The van der Waals surface area contributed by atoms with E-state index in [-0.39, 0.29) is 10.2 Å². The number of imidazole rings is 1. The summed E-state index contributed by atoms with van der Waals surface area (Å²) in [5.41, 5.74) is 1.47. The highest BCUT2D eigenvalue weighted by Gasteiger charge is 2.25. The highest BCUT2D eigenvalue weighted by molar-refractivity contribution is 9.10. The van der Waals surface area contributed by atoms with Gasteiger partial charge in [-0.1, -0.05) is 33.6 Å². The van der Waals surface area contributed by atoms with Crippen LogP contribution >= 0.6 is 38.9 Å². The SMILES string of the molecule is Cc1ccc(NS(=O)(=O)c2c(Cl)nc3sccn23)cc1Br. The third-order valence-electron chi connectivity index (χ3n) is 2.86. The summed E-state index contributed by atoms with van der Waals surface area (Å²) >= 11 is 10.7. The minimum atomic E-state index is -3.82. The molecule has 5 nitrogen and oxygen atoms in total. The van der Waals surface area contributed by atoms with E-state index < -0.39 is 10.0 Å². The van der Waals surface area contributed by atoms with Crippen LogP contribution in [-0.2, 0) is 10.0 Å². The fourth-order valence-corrected chi connectivity index (χ4v) is 4.72. The van der Waals surface area contributed by atoms with Crippen molar-refractivity contribution in [3.05, 3.63) is 45.0 Å². The van der Waals surface area contributed by atoms with Crippen molar-refractivity contribution in [2.75, 3.05) is 4.72 Å². The summed E-state index contributed by atoms with van der Waals surface area (Å²) in [6.45, 7) is 1.92. The smallest absolute Gasteiger partial charge is 0.278 e. The predicted molar refractivity (Wildman–Crippen MR) is 87.8 cm³/mol. The normalized spacial score (nSPS) is 12.0. The van der Waals surface area contributed by atoms with Crippen LogP contribution in [0.2, 0.25) is 5.15 Å². The van der Waals surface area contributed by atoms with Crippen molar-refractivity contribution in [2.24, 2.45) is 0 Å². The van der Waals surface area contributed by atoms with Crippen LogP contribution in [0.4, 0.5) is 5.69 Å². The lowest BCUT2D eigenvalue weighted by Gasteiger charge is -2.09. The maximum atomic E-state index is 12.5. The van der Waals surface area contributed by atoms with Crippen LogP contribution in [0.25, 0.3) is 4.96 Å². The maximum absolute atomic E-state index is 12.5. The summed E-state index contributed by atoms with van der Waals surface area (Å²) in [5.74, 6) is 0. The van der Waals surface area contributed by atoms with Crippen molar-refractivity contribution in [3.63, 3.8) is 0 Å². The summed E-state index contributed by atoms with van der Waals surface area (Å²) in [4.78, 5) is 4.56. The van der Waals surface area contributed by atoms with E-state index >= 15 is 0 Å². The molecule has 1 N–H and O–H groups in total. The highest BCUT2D eigenvalue weighted by Crippen LogP contribution is 2.28. The van der Waals surface area contributed by atoms with Crippen molar-refractivity contribution in [1.82, 2.24) is 9.38 Å². The number of sulfonamides is 1. The topological polar surface area (TPSA) is 63.5 Å². The number of aromatic nitrogens is 2. The Hall–Kier alpha value is -1.09. The summed E-state index contributed by atoms with van der Waals surface area (Å²) in [7, 11) is -3.82. The molecule has 21 heavy (non-hydrogen) atoms. The van der Waals surface area contributed by atoms with Crippen molar-refractivity contribution in [3.8, 4) is 0 Å². The first kappa shape index (κ1) is 14.8. The number of aryl methyl sites for hydroxylation is 1. The van der Waals surface area contributed by atoms with Gasteiger partial charge in [-0.05, 0) is 24.6 Å². The van der Waals surface area contributed by atoms with Crippen LogP contribution < -0.4 is 4.72 Å². The number of nitrogens with zero attached hydrogens (tertiary/aromatic N) is 2. The predicted octanol–water partition coefficient (Wildman–Crippen LogP) is 3.92. The largest absolute Gasteiger partial charge is 0.281 e. The molecule has 0 amide bonds. The molecule has 0 saturated carbocycles. The molecule has 0 fully saturated rings. The Balaban J connectivity index is 2.06. The second-order valence-electron chi connectivity index (χ2n) is 4.33. The standard InChI is InChI=1S/C12H9BrClN3O2S2/c1-7-2-3-8(6-9(7)13)16-21(18,19)11-10(14)15-12-17(11)4-5-20-12/h2-6,16H,1H3. The lowest BCUT2D eigenvalue weighted by atomic mass is 10.2. The Labute approximate surface area is 138 Å². The summed E-state index contributed by atoms with van der Waals surface area (Å²) in [5, 5.41) is 1.65. The van der Waals surface area contributed by atoms with Gasteiger partial charge in [-0.2, -0.15) is 8.42 Å². The minimum absolute atomic E-state index is 0.0412. The number of benzene rings is 1. The van der Waals surface area contributed by atoms with E-state index in [2.05, 4.69) is 25.6 Å². The van der Waals surface area contributed by atoms with Crippen molar-refractivity contribution >= 4 is 59.5 Å². The molecule has 9 heteroatoms. The molecule has 0 radical (unpaired) electrons. The van der Waals surface area contributed by atoms with Crippen molar-refractivity contribution in [2.45, 2.75) is 11.9 Å². The molecule has 3 aromatic rings. The first-order valence-corrected chi connectivity index (χ1v) is 9.32. The van der Waals surface area contributed by atoms with E-state index in [1.54, 1.807) is 23.7 Å². The fourth-order valence-electron chi connectivity index (χ4n) is 1.84. The van der Waals surface area contributed by atoms with Gasteiger partial charge in [0, 0.05) is 16.0 Å². The van der Waals surface area contributed by atoms with Gasteiger partial charge in [0.1, 0.15) is 0 Å². The van der Waals surface area contributed by atoms with Crippen LogP contribution in [0.5, 0.6) is 0 Å². The van der Waals surface area contributed by atoms with Gasteiger partial charge < -0.3 is 0 Å². The Morgan fingerprint density at radius 1 is 1.43 bits per heavy atom. The number of halogens is 2. The molecule has 0 unspecified atom stereocenters. The van der Waals surface area contributed by atoms with Gasteiger partial charge in [-0.3, -0.25) is 9.12 Å². The highest BCUT2D eigenvalue weighted by atomic mass is 79.9. The molecule has 0 aliphatic carbocycles. The third-order valence-corrected chi connectivity index (χ3v) is 6.25. The first-order valence-electron chi connectivity index (χ1n) is 5.78. The fraction of sp³-hybridized carbons (Fsp3) is 0.0833. The van der Waals surface area contributed by atoms with Crippen LogP contribution in [0.15, 0.2) is 39.3 Å². The molecule has 0 atom stereocenters. The summed E-state index contributed by atoms with van der Waals surface area (Å²) < 4.78 is 29.8. The molecular weight excluding hydrogens is 398 g/mol. The van der Waals surface area contributed by atoms with Gasteiger partial charge in [-0.15, -0.1) is 11.3 Å². The van der Waals surface area contributed by atoms with Crippen molar-refractivity contribution < 1.29 is 8.42 Å². The molecular formula is C12H9BrClN3O2S2. The average molecular weight is 407 g/mol. The number of nitrogens with one attached hydrogen (secondary N) is 1. The Kier molecular flexibility index (Phi) is 3.73. The second kappa shape index (κ2) is 5.28. The monoisotopic (exact) mass is 405 g/mol. The van der Waals surface area contributed by atoms with Gasteiger partial charge in [0.15, 0.2) is 15.1 Å². The Morgan fingerprint density at radius 3 is 2.90 bits per heavy atom. The van der Waals surface area contributed by atoms with Gasteiger partial charge >= 0.3 is 0 Å². The molecule has 1 aromatic carbocycles. The number of anilines is 1. The van der Waals surface area contributed by atoms with E-state index in [1.165, 1.54) is 15.7 Å². The summed E-state index contributed by atoms with van der Waals surface area (Å²) in [6, 6.07) is 5.21. The Morgan fingerprint density at radius 2 is 2.19 bits per heavy atom. The zero-order valence-corrected chi connectivity index (χ0v) is 14.6. The van der Waals surface area contributed by atoms with Crippen LogP contribution in [0, 0.1) is 6.92 Å². The number of thiazole rings is 1. The van der Waals surface area contributed by atoms with Crippen LogP contribution in [0.1, 0.15) is 5.56 Å². The first-order chi connectivity index (χ1) is 9.88. The van der Waals surface area contributed by atoms with E-state index in [1.807, 2.05) is 13.0 Å². The minimum Gasteiger partial charge on any atom is -0.278 e. The maximum Gasteiger partial charge on any atom is 0.281 e. The summed E-state index contributed by atoms with van der Waals surface area (Å²) in [6.07, 6.45) is 1.62. The molecule has 0 saturated heterocycles. The number of hydrogen-bond acceptors (Lipinski definition) is 4. The molecule has 3 rings (SSSR count). The lowest BCUT2D eigenvalue weighted by molar-refractivity contribution is 0.596. The van der Waals surface area contributed by atoms with Crippen molar-refractivity contribution in [1.29, 1.82) is 0 Å². The van der Waals surface area contributed by atoms with Crippen LogP contribution in [-0.4, -0.2) is 17.8 Å².